The van der Waals surface area contributed by atoms with Gasteiger partial charge in [0.2, 0.25) is 0 Å². The van der Waals surface area contributed by atoms with E-state index < -0.39 is 11.6 Å². The molecule has 108 valence electrons. The molecule has 0 spiro atoms. The Balaban J connectivity index is 1.72. The van der Waals surface area contributed by atoms with Crippen LogP contribution in [-0.4, -0.2) is 11.7 Å². The normalized spacial score (nSPS) is 17.7. The van der Waals surface area contributed by atoms with Crippen molar-refractivity contribution in [3.05, 3.63) is 64.1 Å². The van der Waals surface area contributed by atoms with Gasteiger partial charge in [-0.15, -0.1) is 0 Å². The average molecular weight is 369 g/mol. The molecule has 1 aliphatic rings. The maximum atomic E-state index is 13.8. The second kappa shape index (κ2) is 6.15. The van der Waals surface area contributed by atoms with E-state index in [1.165, 1.54) is 17.3 Å². The van der Waals surface area contributed by atoms with Crippen LogP contribution in [0.15, 0.2) is 51.9 Å². The number of hydrogen-bond acceptors (Lipinski definition) is 3. The van der Waals surface area contributed by atoms with Crippen molar-refractivity contribution in [2.75, 3.05) is 11.9 Å². The summed E-state index contributed by atoms with van der Waals surface area (Å²) in [5.41, 5.74) is 1.26. The minimum Gasteiger partial charge on any atom is -0.332 e. The largest absolute Gasteiger partial charge is 0.332 e. The van der Waals surface area contributed by atoms with Crippen LogP contribution in [-0.2, 0) is 0 Å². The van der Waals surface area contributed by atoms with Crippen LogP contribution in [0.5, 0.6) is 0 Å². The highest BCUT2D eigenvalue weighted by Crippen LogP contribution is 2.36. The summed E-state index contributed by atoms with van der Waals surface area (Å²) in [4.78, 5) is 4.35. The zero-order chi connectivity index (χ0) is 14.8. The smallest absolute Gasteiger partial charge is 0.161 e. The van der Waals surface area contributed by atoms with Crippen molar-refractivity contribution < 1.29 is 8.78 Å². The Morgan fingerprint density at radius 3 is 2.67 bits per heavy atom. The topological polar surface area (TPSA) is 24.4 Å². The summed E-state index contributed by atoms with van der Waals surface area (Å²) >= 11 is 4.47. The molecule has 0 radical (unpaired) electrons. The fraction of sp³-hybridized carbons (Fsp3) is 0.133. The highest BCUT2D eigenvalue weighted by molar-refractivity contribution is 9.10. The van der Waals surface area contributed by atoms with Crippen LogP contribution in [0.1, 0.15) is 10.8 Å². The third-order valence-corrected chi connectivity index (χ3v) is 4.85. The van der Waals surface area contributed by atoms with Crippen molar-refractivity contribution in [2.45, 2.75) is 5.25 Å². The summed E-state index contributed by atoms with van der Waals surface area (Å²) in [6.07, 6.45) is 0. The van der Waals surface area contributed by atoms with Gasteiger partial charge < -0.3 is 5.32 Å². The van der Waals surface area contributed by atoms with Gasteiger partial charge in [0.05, 0.1) is 22.0 Å². The molecule has 0 aromatic heterocycles. The molecule has 0 fully saturated rings. The molecule has 2 aromatic rings. The molecule has 0 amide bonds. The van der Waals surface area contributed by atoms with Crippen LogP contribution in [0.3, 0.4) is 0 Å². The Hall–Kier alpha value is -1.40. The summed E-state index contributed by atoms with van der Waals surface area (Å²) < 4.78 is 27.4. The first kappa shape index (κ1) is 14.5. The third-order valence-electron chi connectivity index (χ3n) is 3.08. The molecule has 3 rings (SSSR count). The maximum absolute atomic E-state index is 13.8. The monoisotopic (exact) mass is 368 g/mol. The molecule has 1 atom stereocenters. The fourth-order valence-electron chi connectivity index (χ4n) is 2.02. The first-order valence-electron chi connectivity index (χ1n) is 6.31. The van der Waals surface area contributed by atoms with E-state index in [4.69, 9.17) is 0 Å². The minimum atomic E-state index is -0.519. The van der Waals surface area contributed by atoms with Crippen molar-refractivity contribution in [3.63, 3.8) is 0 Å². The summed E-state index contributed by atoms with van der Waals surface area (Å²) in [6, 6.07) is 12.2. The molecular weight excluding hydrogens is 358 g/mol. The average Bonchev–Trinajstić information content (AvgIpc) is 2.94. The first-order valence-corrected chi connectivity index (χ1v) is 7.98. The number of thioether (sulfide) groups is 1. The van der Waals surface area contributed by atoms with Gasteiger partial charge in [0, 0.05) is 6.07 Å². The lowest BCUT2D eigenvalue weighted by molar-refractivity contribution is 0.598. The third kappa shape index (κ3) is 3.27. The molecule has 0 aliphatic carbocycles. The van der Waals surface area contributed by atoms with Crippen LogP contribution in [0.25, 0.3) is 0 Å². The molecule has 1 heterocycles. The number of amidine groups is 1. The quantitative estimate of drug-likeness (QED) is 0.755. The Morgan fingerprint density at radius 2 is 1.90 bits per heavy atom. The number of halogens is 3. The van der Waals surface area contributed by atoms with E-state index in [1.54, 1.807) is 0 Å². The molecule has 0 bridgehead atoms. The molecule has 0 saturated carbocycles. The van der Waals surface area contributed by atoms with E-state index in [9.17, 15) is 8.78 Å². The summed E-state index contributed by atoms with van der Waals surface area (Å²) in [5.74, 6) is -1.03. The molecule has 1 unspecified atom stereocenters. The van der Waals surface area contributed by atoms with Gasteiger partial charge in [0.15, 0.2) is 5.17 Å². The number of anilines is 1. The van der Waals surface area contributed by atoms with Gasteiger partial charge >= 0.3 is 0 Å². The van der Waals surface area contributed by atoms with E-state index >= 15 is 0 Å². The Kier molecular flexibility index (Phi) is 4.26. The van der Waals surface area contributed by atoms with E-state index in [1.807, 2.05) is 30.3 Å². The summed E-state index contributed by atoms with van der Waals surface area (Å²) in [5, 5.41) is 3.66. The zero-order valence-electron chi connectivity index (χ0n) is 10.8. The lowest BCUT2D eigenvalue weighted by Crippen LogP contribution is -2.07. The SMILES string of the molecule is Fc1cc(NC2=NCC(c3ccccc3)S2)c(F)cc1Br. The molecule has 6 heteroatoms. The van der Waals surface area contributed by atoms with Gasteiger partial charge in [0.25, 0.3) is 0 Å². The van der Waals surface area contributed by atoms with Gasteiger partial charge in [-0.3, -0.25) is 4.99 Å². The van der Waals surface area contributed by atoms with Crippen molar-refractivity contribution in [1.82, 2.24) is 0 Å². The first-order chi connectivity index (χ1) is 10.1. The van der Waals surface area contributed by atoms with Gasteiger partial charge in [-0.1, -0.05) is 42.1 Å². The molecular formula is C15H11BrF2N2S. The van der Waals surface area contributed by atoms with E-state index in [-0.39, 0.29) is 15.4 Å². The van der Waals surface area contributed by atoms with E-state index in [2.05, 4.69) is 26.2 Å². The number of aliphatic imine (C=N–C) groups is 1. The van der Waals surface area contributed by atoms with Gasteiger partial charge in [0.1, 0.15) is 11.6 Å². The molecule has 21 heavy (non-hydrogen) atoms. The maximum Gasteiger partial charge on any atom is 0.161 e. The number of nitrogens with one attached hydrogen (secondary N) is 1. The highest BCUT2D eigenvalue weighted by Gasteiger charge is 2.22. The summed E-state index contributed by atoms with van der Waals surface area (Å²) in [7, 11) is 0. The molecule has 1 aliphatic heterocycles. The number of nitrogens with zero attached hydrogens (tertiary/aromatic N) is 1. The van der Waals surface area contributed by atoms with Gasteiger partial charge in [-0.25, -0.2) is 8.78 Å². The van der Waals surface area contributed by atoms with E-state index in [0.29, 0.717) is 11.7 Å². The van der Waals surface area contributed by atoms with E-state index in [0.717, 1.165) is 12.1 Å². The Bertz CT molecular complexity index is 692. The molecule has 2 aromatic carbocycles. The fourth-order valence-corrected chi connectivity index (χ4v) is 3.36. The predicted octanol–water partition coefficient (Wildman–Crippen LogP) is 4.98. The van der Waals surface area contributed by atoms with Gasteiger partial charge in [-0.2, -0.15) is 0 Å². The molecule has 2 nitrogen and oxygen atoms in total. The Labute approximate surface area is 133 Å². The standard InChI is InChI=1S/C15H11BrF2N2S/c16-10-6-12(18)13(7-11(10)17)20-15-19-8-14(21-15)9-4-2-1-3-5-9/h1-7,14H,8H2,(H,19,20). The summed E-state index contributed by atoms with van der Waals surface area (Å²) in [6.45, 7) is 0.623. The lowest BCUT2D eigenvalue weighted by atomic mass is 10.1. The van der Waals surface area contributed by atoms with Crippen LogP contribution >= 0.6 is 27.7 Å². The van der Waals surface area contributed by atoms with Gasteiger partial charge in [-0.05, 0) is 27.6 Å². The van der Waals surface area contributed by atoms with Crippen LogP contribution in [0, 0.1) is 11.6 Å². The van der Waals surface area contributed by atoms with Crippen molar-refractivity contribution in [2.24, 2.45) is 4.99 Å². The zero-order valence-corrected chi connectivity index (χ0v) is 13.2. The van der Waals surface area contributed by atoms with Crippen LogP contribution < -0.4 is 5.32 Å². The second-order valence-corrected chi connectivity index (χ2v) is 6.58. The highest BCUT2D eigenvalue weighted by atomic mass is 79.9. The lowest BCUT2D eigenvalue weighted by Gasteiger charge is -2.10. The number of benzene rings is 2. The van der Waals surface area contributed by atoms with Crippen LogP contribution in [0.4, 0.5) is 14.5 Å². The Morgan fingerprint density at radius 1 is 1.14 bits per heavy atom. The van der Waals surface area contributed by atoms with Crippen molar-refractivity contribution in [1.29, 1.82) is 0 Å². The van der Waals surface area contributed by atoms with Crippen molar-refractivity contribution in [3.8, 4) is 0 Å². The second-order valence-electron chi connectivity index (χ2n) is 4.53. The number of rotatable bonds is 2. The predicted molar refractivity (Wildman–Crippen MR) is 86.8 cm³/mol. The minimum absolute atomic E-state index is 0.0932. The number of hydrogen-bond donors (Lipinski definition) is 1. The molecule has 0 saturated heterocycles. The van der Waals surface area contributed by atoms with Crippen molar-refractivity contribution >= 4 is 38.5 Å². The van der Waals surface area contributed by atoms with Crippen LogP contribution in [0.2, 0.25) is 0 Å². The molecule has 1 N–H and O–H groups in total.